The number of rotatable bonds is 5. The molecule has 2 amide bonds. The molecule has 0 fully saturated rings. The van der Waals surface area contributed by atoms with E-state index in [2.05, 4.69) is 10.6 Å². The second-order valence-electron chi connectivity index (χ2n) is 11.6. The Labute approximate surface area is 205 Å². The summed E-state index contributed by atoms with van der Waals surface area (Å²) in [7, 11) is 0. The van der Waals surface area contributed by atoms with Crippen molar-refractivity contribution in [2.24, 2.45) is 0 Å². The maximum absolute atomic E-state index is 14.8. The third kappa shape index (κ3) is 6.08. The molecule has 0 saturated heterocycles. The van der Waals surface area contributed by atoms with E-state index in [1.54, 1.807) is 10.6 Å². The Kier molecular flexibility index (Phi) is 6.86. The molecule has 3 rings (SSSR count). The number of amides is 2. The minimum Gasteiger partial charge on any atom is -0.351 e. The van der Waals surface area contributed by atoms with Crippen LogP contribution in [0.25, 0.3) is 22.2 Å². The van der Waals surface area contributed by atoms with Gasteiger partial charge >= 0.3 is 0 Å². The Morgan fingerprint density at radius 1 is 0.829 bits per heavy atom. The summed E-state index contributed by atoms with van der Waals surface area (Å²) in [6.45, 7) is 15.0. The molecule has 0 aliphatic carbocycles. The summed E-state index contributed by atoms with van der Waals surface area (Å²) in [6.07, 6.45) is 0. The average Bonchev–Trinajstić information content (AvgIpc) is 3.04. The van der Waals surface area contributed by atoms with E-state index in [1.807, 2.05) is 73.6 Å². The molecule has 5 nitrogen and oxygen atoms in total. The van der Waals surface area contributed by atoms with Gasteiger partial charge in [-0.15, -0.1) is 0 Å². The first-order chi connectivity index (χ1) is 16.0. The quantitative estimate of drug-likeness (QED) is 0.489. The molecule has 0 atom stereocenters. The lowest BCUT2D eigenvalue weighted by Crippen LogP contribution is -2.48. The number of carbonyl (C=O) groups is 2. The van der Waals surface area contributed by atoms with Gasteiger partial charge < -0.3 is 15.2 Å². The fourth-order valence-electron chi connectivity index (χ4n) is 3.98. The first kappa shape index (κ1) is 26.4. The van der Waals surface area contributed by atoms with Gasteiger partial charge in [-0.1, -0.05) is 6.07 Å². The normalized spacial score (nSPS) is 12.6. The zero-order chi connectivity index (χ0) is 26.3. The van der Waals surface area contributed by atoms with E-state index in [4.69, 9.17) is 0 Å². The van der Waals surface area contributed by atoms with Gasteiger partial charge in [0.15, 0.2) is 0 Å². The Morgan fingerprint density at radius 3 is 2.06 bits per heavy atom. The van der Waals surface area contributed by atoms with Crippen molar-refractivity contribution < 1.29 is 18.4 Å². The number of benzene rings is 2. The number of carbonyl (C=O) groups excluding carboxylic acids is 2. The second kappa shape index (κ2) is 9.10. The highest BCUT2D eigenvalue weighted by Gasteiger charge is 2.32. The van der Waals surface area contributed by atoms with Gasteiger partial charge in [-0.3, -0.25) is 9.59 Å². The first-order valence-electron chi connectivity index (χ1n) is 11.7. The van der Waals surface area contributed by atoms with E-state index in [0.29, 0.717) is 11.2 Å². The van der Waals surface area contributed by atoms with E-state index in [1.165, 1.54) is 0 Å². The molecule has 1 heterocycles. The molecule has 0 bridgehead atoms. The molecule has 35 heavy (non-hydrogen) atoms. The Hall–Kier alpha value is -3.22. The van der Waals surface area contributed by atoms with Crippen LogP contribution in [-0.4, -0.2) is 27.5 Å². The second-order valence-corrected chi connectivity index (χ2v) is 11.6. The maximum atomic E-state index is 14.8. The van der Waals surface area contributed by atoms with Crippen LogP contribution in [-0.2, 0) is 21.5 Å². The third-order valence-electron chi connectivity index (χ3n) is 5.70. The van der Waals surface area contributed by atoms with Crippen LogP contribution in [0.5, 0.6) is 0 Å². The van der Waals surface area contributed by atoms with Crippen LogP contribution in [0.2, 0.25) is 0 Å². The number of nitrogens with zero attached hydrogens (tertiary/aromatic N) is 1. The van der Waals surface area contributed by atoms with Crippen molar-refractivity contribution in [1.82, 2.24) is 15.2 Å². The molecule has 0 aliphatic heterocycles. The van der Waals surface area contributed by atoms with Crippen molar-refractivity contribution in [1.29, 1.82) is 0 Å². The summed E-state index contributed by atoms with van der Waals surface area (Å²) >= 11 is 0. The van der Waals surface area contributed by atoms with Crippen LogP contribution in [0.1, 0.15) is 61.0 Å². The summed E-state index contributed by atoms with van der Waals surface area (Å²) in [6, 6.07) is 10.5. The number of aromatic nitrogens is 1. The molecule has 0 unspecified atom stereocenters. The van der Waals surface area contributed by atoms with E-state index in [0.717, 1.165) is 29.1 Å². The highest BCUT2D eigenvalue weighted by Crippen LogP contribution is 2.34. The van der Waals surface area contributed by atoms with Crippen molar-refractivity contribution in [3.8, 4) is 11.3 Å². The predicted molar refractivity (Wildman–Crippen MR) is 136 cm³/mol. The lowest BCUT2D eigenvalue weighted by atomic mass is 9.82. The summed E-state index contributed by atoms with van der Waals surface area (Å²) < 4.78 is 30.5. The first-order valence-corrected chi connectivity index (χ1v) is 11.7. The maximum Gasteiger partial charge on any atom is 0.240 e. The molecule has 2 N–H and O–H groups in total. The molecule has 1 aromatic heterocycles. The monoisotopic (exact) mass is 483 g/mol. The van der Waals surface area contributed by atoms with E-state index < -0.39 is 22.6 Å². The molecular formula is C28H35F2N3O2. The van der Waals surface area contributed by atoms with Crippen LogP contribution in [0.15, 0.2) is 42.5 Å². The predicted octanol–water partition coefficient (Wildman–Crippen LogP) is 5.69. The zero-order valence-electron chi connectivity index (χ0n) is 21.8. The average molecular weight is 484 g/mol. The van der Waals surface area contributed by atoms with E-state index in [-0.39, 0.29) is 29.5 Å². The Morgan fingerprint density at radius 2 is 1.46 bits per heavy atom. The van der Waals surface area contributed by atoms with Gasteiger partial charge in [0, 0.05) is 27.5 Å². The number of fused-ring (bicyclic) bond motifs is 1. The number of nitrogens with one attached hydrogen (secondary N) is 2. The van der Waals surface area contributed by atoms with Crippen LogP contribution >= 0.6 is 0 Å². The van der Waals surface area contributed by atoms with E-state index >= 15 is 0 Å². The molecule has 0 aliphatic rings. The molecule has 0 radical (unpaired) electrons. The Bertz CT molecular complexity index is 1280. The minimum absolute atomic E-state index is 0.0658. The number of hydrogen-bond donors (Lipinski definition) is 2. The van der Waals surface area contributed by atoms with Gasteiger partial charge in [0.2, 0.25) is 11.8 Å². The molecule has 0 spiro atoms. The van der Waals surface area contributed by atoms with Gasteiger partial charge in [0.1, 0.15) is 18.2 Å². The zero-order valence-corrected chi connectivity index (χ0v) is 21.8. The van der Waals surface area contributed by atoms with Crippen LogP contribution in [0.3, 0.4) is 0 Å². The molecular weight excluding hydrogens is 448 g/mol. The lowest BCUT2D eigenvalue weighted by molar-refractivity contribution is -0.127. The number of halogens is 2. The number of hydrogen-bond acceptors (Lipinski definition) is 2. The minimum atomic E-state index is -0.836. The van der Waals surface area contributed by atoms with Crippen LogP contribution < -0.4 is 10.6 Å². The standard InChI is InChI=1S/C28H35F2N3O2/c1-26(2,3)31-24(34)16-33-22-12-9-18(28(7,8)25(35)32-27(4,5)6)13-17(22)14-23(33)20-15-19(29)10-11-21(20)30/h9-15H,16H2,1-8H3,(H,31,34)(H,32,35). The summed E-state index contributed by atoms with van der Waals surface area (Å²) in [5.41, 5.74) is 0.243. The van der Waals surface area contributed by atoms with Crippen molar-refractivity contribution in [2.45, 2.75) is 78.4 Å². The molecule has 188 valence electrons. The lowest BCUT2D eigenvalue weighted by Gasteiger charge is -2.30. The fraction of sp³-hybridized carbons (Fsp3) is 0.429. The highest BCUT2D eigenvalue weighted by molar-refractivity contribution is 5.93. The van der Waals surface area contributed by atoms with Gasteiger partial charge in [0.05, 0.1) is 11.1 Å². The SMILES string of the molecule is CC(C)(C)NC(=O)Cn1c(-c2cc(F)ccc2F)cc2cc(C(C)(C)C(=O)NC(C)(C)C)ccc21. The van der Waals surface area contributed by atoms with Crippen LogP contribution in [0, 0.1) is 11.6 Å². The third-order valence-corrected chi connectivity index (χ3v) is 5.70. The largest absolute Gasteiger partial charge is 0.351 e. The molecule has 3 aromatic rings. The topological polar surface area (TPSA) is 63.1 Å². The van der Waals surface area contributed by atoms with Gasteiger partial charge in [-0.2, -0.15) is 0 Å². The Balaban J connectivity index is 2.15. The summed E-state index contributed by atoms with van der Waals surface area (Å²) in [5, 5.41) is 6.66. The fourth-order valence-corrected chi connectivity index (χ4v) is 3.98. The molecule has 0 saturated carbocycles. The molecule has 2 aromatic carbocycles. The van der Waals surface area contributed by atoms with Gasteiger partial charge in [0.25, 0.3) is 0 Å². The highest BCUT2D eigenvalue weighted by atomic mass is 19.1. The van der Waals surface area contributed by atoms with Crippen molar-refractivity contribution in [2.75, 3.05) is 0 Å². The van der Waals surface area contributed by atoms with E-state index in [9.17, 15) is 18.4 Å². The van der Waals surface area contributed by atoms with Crippen molar-refractivity contribution >= 4 is 22.7 Å². The molecule has 7 heteroatoms. The van der Waals surface area contributed by atoms with Crippen molar-refractivity contribution in [3.05, 3.63) is 59.7 Å². The summed E-state index contributed by atoms with van der Waals surface area (Å²) in [4.78, 5) is 25.8. The van der Waals surface area contributed by atoms with Gasteiger partial charge in [-0.05, 0) is 97.4 Å². The van der Waals surface area contributed by atoms with Gasteiger partial charge in [-0.25, -0.2) is 8.78 Å². The van der Waals surface area contributed by atoms with Crippen LogP contribution in [0.4, 0.5) is 8.78 Å². The smallest absolute Gasteiger partial charge is 0.240 e. The summed E-state index contributed by atoms with van der Waals surface area (Å²) in [5.74, 6) is -1.53. The van der Waals surface area contributed by atoms with Crippen molar-refractivity contribution in [3.63, 3.8) is 0 Å².